The Bertz CT molecular complexity index is 211. The van der Waals surface area contributed by atoms with Crippen molar-refractivity contribution >= 4 is 0 Å². The summed E-state index contributed by atoms with van der Waals surface area (Å²) < 4.78 is 0. The predicted molar refractivity (Wildman–Crippen MR) is 46.0 cm³/mol. The molecule has 0 aromatic heterocycles. The molecule has 0 aromatic rings. The van der Waals surface area contributed by atoms with Gasteiger partial charge in [0.05, 0.1) is 0 Å². The minimum absolute atomic E-state index is 0.695. The number of aliphatic hydroxyl groups is 1. The largest absolute Gasteiger partial charge is 0.378 e. The third-order valence-electron chi connectivity index (χ3n) is 1.94. The fourth-order valence-electron chi connectivity index (χ4n) is 1.31. The van der Waals surface area contributed by atoms with E-state index in [0.29, 0.717) is 0 Å². The molecule has 1 rings (SSSR count). The van der Waals surface area contributed by atoms with Crippen molar-refractivity contribution in [2.24, 2.45) is 0 Å². The van der Waals surface area contributed by atoms with Crippen molar-refractivity contribution in [3.63, 3.8) is 0 Å². The Morgan fingerprint density at radius 2 is 2.00 bits per heavy atom. The van der Waals surface area contributed by atoms with E-state index in [0.717, 1.165) is 31.3 Å². The Morgan fingerprint density at radius 1 is 1.45 bits per heavy atom. The molecule has 0 bridgehead atoms. The van der Waals surface area contributed by atoms with Crippen LogP contribution in [0.15, 0.2) is 12.2 Å². The lowest BCUT2D eigenvalue weighted by Gasteiger charge is -2.12. The monoisotopic (exact) mass is 150 g/mol. The Balaban J connectivity index is 2.61. The molecule has 0 heterocycles. The number of allylic oxidation sites excluding steroid dienone is 1. The van der Waals surface area contributed by atoms with Gasteiger partial charge in [0.1, 0.15) is 5.60 Å². The molecule has 1 aliphatic carbocycles. The third-order valence-corrected chi connectivity index (χ3v) is 1.94. The van der Waals surface area contributed by atoms with Crippen LogP contribution in [-0.4, -0.2) is 10.7 Å². The van der Waals surface area contributed by atoms with Crippen LogP contribution in [0.3, 0.4) is 0 Å². The van der Waals surface area contributed by atoms with Crippen LogP contribution in [0.25, 0.3) is 0 Å². The van der Waals surface area contributed by atoms with E-state index >= 15 is 0 Å². The van der Waals surface area contributed by atoms with E-state index in [1.54, 1.807) is 0 Å². The summed E-state index contributed by atoms with van der Waals surface area (Å²) in [6, 6.07) is 0. The first kappa shape index (κ1) is 8.36. The minimum atomic E-state index is -0.695. The van der Waals surface area contributed by atoms with Crippen LogP contribution < -0.4 is 0 Å². The molecule has 1 N–H and O–H groups in total. The van der Waals surface area contributed by atoms with Gasteiger partial charge >= 0.3 is 0 Å². The van der Waals surface area contributed by atoms with Crippen molar-refractivity contribution < 1.29 is 5.11 Å². The van der Waals surface area contributed by atoms with Crippen LogP contribution in [0, 0.1) is 11.8 Å². The van der Waals surface area contributed by atoms with E-state index < -0.39 is 5.60 Å². The SMILES string of the molecule is C=C(C)C#CC1(O)CCCC1. The summed E-state index contributed by atoms with van der Waals surface area (Å²) in [6.07, 6.45) is 3.85. The lowest BCUT2D eigenvalue weighted by atomic mass is 10.0. The maximum Gasteiger partial charge on any atom is 0.125 e. The average molecular weight is 150 g/mol. The highest BCUT2D eigenvalue weighted by Crippen LogP contribution is 2.28. The molecule has 0 radical (unpaired) electrons. The molecule has 0 atom stereocenters. The Kier molecular flexibility index (Phi) is 2.36. The minimum Gasteiger partial charge on any atom is -0.378 e. The second-order valence-corrected chi connectivity index (χ2v) is 3.27. The van der Waals surface area contributed by atoms with Gasteiger partial charge in [0.25, 0.3) is 0 Å². The van der Waals surface area contributed by atoms with Gasteiger partial charge in [-0.15, -0.1) is 0 Å². The molecule has 1 fully saturated rings. The van der Waals surface area contributed by atoms with Gasteiger partial charge in [-0.25, -0.2) is 0 Å². The molecule has 0 aliphatic heterocycles. The van der Waals surface area contributed by atoms with Gasteiger partial charge in [-0.2, -0.15) is 0 Å². The lowest BCUT2D eigenvalue weighted by molar-refractivity contribution is 0.110. The summed E-state index contributed by atoms with van der Waals surface area (Å²) in [5, 5.41) is 9.73. The number of hydrogen-bond donors (Lipinski definition) is 1. The van der Waals surface area contributed by atoms with Crippen molar-refractivity contribution in [2.45, 2.75) is 38.2 Å². The van der Waals surface area contributed by atoms with Gasteiger partial charge in [0.2, 0.25) is 0 Å². The molecule has 1 saturated carbocycles. The smallest absolute Gasteiger partial charge is 0.125 e. The van der Waals surface area contributed by atoms with Crippen molar-refractivity contribution in [1.82, 2.24) is 0 Å². The zero-order valence-electron chi connectivity index (χ0n) is 6.98. The summed E-state index contributed by atoms with van der Waals surface area (Å²) in [6.45, 7) is 5.51. The summed E-state index contributed by atoms with van der Waals surface area (Å²) in [4.78, 5) is 0. The van der Waals surface area contributed by atoms with Crippen molar-refractivity contribution in [3.05, 3.63) is 12.2 Å². The zero-order chi connectivity index (χ0) is 8.32. The molecule has 60 valence electrons. The Labute approximate surface area is 68.1 Å². The molecule has 1 aliphatic rings. The number of hydrogen-bond acceptors (Lipinski definition) is 1. The van der Waals surface area contributed by atoms with Crippen LogP contribution in [-0.2, 0) is 0 Å². The van der Waals surface area contributed by atoms with E-state index in [9.17, 15) is 5.11 Å². The molecule has 0 unspecified atom stereocenters. The second-order valence-electron chi connectivity index (χ2n) is 3.27. The van der Waals surface area contributed by atoms with Gasteiger partial charge in [0, 0.05) is 0 Å². The molecule has 0 amide bonds. The fraction of sp³-hybridized carbons (Fsp3) is 0.600. The standard InChI is InChI=1S/C10H14O/c1-9(2)5-8-10(11)6-3-4-7-10/h11H,1,3-4,6-7H2,2H3. The van der Waals surface area contributed by atoms with E-state index in [-0.39, 0.29) is 0 Å². The van der Waals surface area contributed by atoms with Crippen LogP contribution >= 0.6 is 0 Å². The van der Waals surface area contributed by atoms with Crippen LogP contribution in [0.5, 0.6) is 0 Å². The topological polar surface area (TPSA) is 20.2 Å². The molecule has 0 spiro atoms. The maximum atomic E-state index is 9.73. The molecule has 1 heteroatoms. The van der Waals surface area contributed by atoms with Crippen molar-refractivity contribution in [3.8, 4) is 11.8 Å². The highest BCUT2D eigenvalue weighted by molar-refractivity contribution is 5.28. The van der Waals surface area contributed by atoms with Crippen LogP contribution in [0.2, 0.25) is 0 Å². The van der Waals surface area contributed by atoms with Crippen molar-refractivity contribution in [1.29, 1.82) is 0 Å². The van der Waals surface area contributed by atoms with Crippen LogP contribution in [0.1, 0.15) is 32.6 Å². The zero-order valence-corrected chi connectivity index (χ0v) is 6.98. The van der Waals surface area contributed by atoms with Gasteiger partial charge < -0.3 is 5.11 Å². The molecule has 1 nitrogen and oxygen atoms in total. The van der Waals surface area contributed by atoms with E-state index in [1.807, 2.05) is 6.92 Å². The molecule has 11 heavy (non-hydrogen) atoms. The molecular weight excluding hydrogens is 136 g/mol. The summed E-state index contributed by atoms with van der Waals surface area (Å²) in [7, 11) is 0. The molecular formula is C10H14O. The molecule has 0 aromatic carbocycles. The van der Waals surface area contributed by atoms with E-state index in [1.165, 1.54) is 0 Å². The lowest BCUT2D eigenvalue weighted by Crippen LogP contribution is -2.20. The first-order valence-corrected chi connectivity index (χ1v) is 4.03. The summed E-state index contributed by atoms with van der Waals surface area (Å²) in [5.74, 6) is 5.70. The highest BCUT2D eigenvalue weighted by atomic mass is 16.3. The maximum absolute atomic E-state index is 9.73. The average Bonchev–Trinajstić information content (AvgIpc) is 2.33. The van der Waals surface area contributed by atoms with Gasteiger partial charge in [-0.05, 0) is 38.2 Å². The Hall–Kier alpha value is -0.740. The summed E-state index contributed by atoms with van der Waals surface area (Å²) >= 11 is 0. The normalized spacial score (nSPS) is 20.5. The van der Waals surface area contributed by atoms with Crippen LogP contribution in [0.4, 0.5) is 0 Å². The first-order valence-electron chi connectivity index (χ1n) is 4.03. The van der Waals surface area contributed by atoms with Gasteiger partial charge in [0.15, 0.2) is 0 Å². The summed E-state index contributed by atoms with van der Waals surface area (Å²) in [5.41, 5.74) is 0.129. The van der Waals surface area contributed by atoms with E-state index in [2.05, 4.69) is 18.4 Å². The first-order chi connectivity index (χ1) is 5.12. The quantitative estimate of drug-likeness (QED) is 0.523. The van der Waals surface area contributed by atoms with E-state index in [4.69, 9.17) is 0 Å². The second kappa shape index (κ2) is 3.11. The predicted octanol–water partition coefficient (Wildman–Crippen LogP) is 1.87. The fourth-order valence-corrected chi connectivity index (χ4v) is 1.31. The third kappa shape index (κ3) is 2.40. The van der Waals surface area contributed by atoms with Crippen molar-refractivity contribution in [2.75, 3.05) is 0 Å². The van der Waals surface area contributed by atoms with Gasteiger partial charge in [-0.1, -0.05) is 18.4 Å². The Morgan fingerprint density at radius 3 is 2.45 bits per heavy atom. The molecule has 0 saturated heterocycles. The highest BCUT2D eigenvalue weighted by Gasteiger charge is 2.28. The number of rotatable bonds is 0. The van der Waals surface area contributed by atoms with Gasteiger partial charge in [-0.3, -0.25) is 0 Å².